The topological polar surface area (TPSA) is 76.4 Å². The molecule has 6 nitrogen and oxygen atoms in total. The highest BCUT2D eigenvalue weighted by Gasteiger charge is 2.30. The first kappa shape index (κ1) is 25.2. The molecule has 10 heteroatoms. The molecular weight excluding hydrogens is 473 g/mol. The van der Waals surface area contributed by atoms with Crippen molar-refractivity contribution < 1.29 is 32.5 Å². The van der Waals surface area contributed by atoms with Gasteiger partial charge in [0.15, 0.2) is 0 Å². The zero-order valence-electron chi connectivity index (χ0n) is 18.4. The maximum absolute atomic E-state index is 12.8. The van der Waals surface area contributed by atoms with Gasteiger partial charge in [0.2, 0.25) is 5.88 Å². The molecule has 0 saturated carbocycles. The third-order valence-corrected chi connectivity index (χ3v) is 5.40. The number of rotatable bonds is 9. The van der Waals surface area contributed by atoms with Gasteiger partial charge in [-0.3, -0.25) is 4.68 Å². The number of carbonyl (C=O) groups excluding carboxylic acids is 1. The summed E-state index contributed by atoms with van der Waals surface area (Å²) in [6.07, 6.45) is -3.32. The average Bonchev–Trinajstić information content (AvgIpc) is 3.09. The first-order chi connectivity index (χ1) is 16.2. The van der Waals surface area contributed by atoms with E-state index in [9.17, 15) is 23.1 Å². The second kappa shape index (κ2) is 10.6. The van der Waals surface area contributed by atoms with E-state index >= 15 is 0 Å². The minimum Gasteiger partial charge on any atom is -0.545 e. The quantitative estimate of drug-likeness (QED) is 0.252. The van der Waals surface area contributed by atoms with E-state index in [1.807, 2.05) is 0 Å². The van der Waals surface area contributed by atoms with E-state index in [1.165, 1.54) is 19.2 Å². The van der Waals surface area contributed by atoms with Crippen LogP contribution in [0.4, 0.5) is 13.2 Å². The van der Waals surface area contributed by atoms with E-state index in [1.54, 1.807) is 35.9 Å². The second-order valence-corrected chi connectivity index (χ2v) is 7.63. The van der Waals surface area contributed by atoms with Crippen LogP contribution in [0.1, 0.15) is 33.5 Å². The van der Waals surface area contributed by atoms with Gasteiger partial charge in [-0.2, -0.15) is 13.2 Å². The van der Waals surface area contributed by atoms with Crippen molar-refractivity contribution in [2.24, 2.45) is 0 Å². The molecule has 0 aliphatic carbocycles. The summed E-state index contributed by atoms with van der Waals surface area (Å²) in [5.41, 5.74) is 2.02. The molecule has 2 aromatic carbocycles. The number of ether oxygens (including phenoxy) is 2. The van der Waals surface area contributed by atoms with Gasteiger partial charge < -0.3 is 19.4 Å². The molecule has 1 heterocycles. The van der Waals surface area contributed by atoms with Crippen LogP contribution in [0.2, 0.25) is 0 Å². The highest BCUT2D eigenvalue weighted by Crippen LogP contribution is 2.30. The van der Waals surface area contributed by atoms with Crippen molar-refractivity contribution in [3.05, 3.63) is 88.3 Å². The number of aromatic nitrogens is 2. The Hall–Kier alpha value is -3.46. The van der Waals surface area contributed by atoms with Crippen LogP contribution in [-0.4, -0.2) is 22.9 Å². The highest BCUT2D eigenvalue weighted by atomic mass is 35.5. The number of hydrogen-bond acceptors (Lipinski definition) is 5. The van der Waals surface area contributed by atoms with Crippen LogP contribution < -0.4 is 9.84 Å². The van der Waals surface area contributed by atoms with Gasteiger partial charge in [0.05, 0.1) is 43.0 Å². The number of hydrogen-bond donors (Lipinski definition) is 0. The molecule has 0 fully saturated rings. The summed E-state index contributed by atoms with van der Waals surface area (Å²) in [7, 11) is 1.34. The fourth-order valence-corrected chi connectivity index (χ4v) is 3.70. The van der Waals surface area contributed by atoms with Gasteiger partial charge in [-0.15, -0.1) is 16.7 Å². The number of halogens is 4. The Kier molecular flexibility index (Phi) is 7.88. The SMILES string of the molecule is CO/C=C(/C(=O)[O-])c1ccccc1COc1nn(Cc2ccc(C(F)(F)F)cc2)c(CCl)c1C. The van der Waals surface area contributed by atoms with Crippen molar-refractivity contribution in [3.63, 3.8) is 0 Å². The van der Waals surface area contributed by atoms with Crippen LogP contribution in [-0.2, 0) is 34.7 Å². The maximum atomic E-state index is 12.8. The molecule has 1 aromatic heterocycles. The molecule has 0 atom stereocenters. The van der Waals surface area contributed by atoms with Crippen LogP contribution in [0.3, 0.4) is 0 Å². The smallest absolute Gasteiger partial charge is 0.416 e. The van der Waals surface area contributed by atoms with Crippen molar-refractivity contribution in [3.8, 4) is 5.88 Å². The van der Waals surface area contributed by atoms with Crippen LogP contribution in [0.15, 0.2) is 54.8 Å². The second-order valence-electron chi connectivity index (χ2n) is 7.36. The predicted molar refractivity (Wildman–Crippen MR) is 118 cm³/mol. The minimum absolute atomic E-state index is 0.00433. The van der Waals surface area contributed by atoms with Gasteiger partial charge in [0.25, 0.3) is 0 Å². The van der Waals surface area contributed by atoms with Crippen molar-refractivity contribution >= 4 is 23.1 Å². The van der Waals surface area contributed by atoms with Crippen molar-refractivity contribution in [2.45, 2.75) is 32.1 Å². The Balaban J connectivity index is 1.83. The van der Waals surface area contributed by atoms with Gasteiger partial charge in [0.1, 0.15) is 6.61 Å². The lowest BCUT2D eigenvalue weighted by Crippen LogP contribution is -2.24. The molecule has 0 unspecified atom stereocenters. The lowest BCUT2D eigenvalue weighted by atomic mass is 10.0. The summed E-state index contributed by atoms with van der Waals surface area (Å²) in [5, 5.41) is 15.9. The molecule has 0 spiro atoms. The normalized spacial score (nSPS) is 12.0. The fraction of sp³-hybridized carbons (Fsp3) is 0.250. The number of benzene rings is 2. The van der Waals surface area contributed by atoms with Crippen LogP contribution in [0, 0.1) is 6.92 Å². The molecule has 0 N–H and O–H groups in total. The molecular formula is C24H21ClF3N2O4-. The Labute approximate surface area is 199 Å². The fourth-order valence-electron chi connectivity index (χ4n) is 3.37. The van der Waals surface area contributed by atoms with E-state index < -0.39 is 17.7 Å². The number of nitrogens with zero attached hydrogens (tertiary/aromatic N) is 2. The molecule has 0 aliphatic rings. The Morgan fingerprint density at radius 3 is 2.44 bits per heavy atom. The molecule has 3 rings (SSSR count). The van der Waals surface area contributed by atoms with E-state index in [2.05, 4.69) is 5.10 Å². The zero-order valence-corrected chi connectivity index (χ0v) is 19.1. The van der Waals surface area contributed by atoms with Crippen molar-refractivity contribution in [1.29, 1.82) is 0 Å². The van der Waals surface area contributed by atoms with Crippen LogP contribution >= 0.6 is 11.6 Å². The first-order valence-electron chi connectivity index (χ1n) is 10.1. The number of aliphatic carboxylic acids is 1. The van der Waals surface area contributed by atoms with Gasteiger partial charge in [0, 0.05) is 11.1 Å². The number of alkyl halides is 4. The summed E-state index contributed by atoms with van der Waals surface area (Å²) in [6, 6.07) is 11.5. The van der Waals surface area contributed by atoms with Gasteiger partial charge in [-0.25, -0.2) is 0 Å². The van der Waals surface area contributed by atoms with E-state index in [4.69, 9.17) is 21.1 Å². The Morgan fingerprint density at radius 1 is 1.18 bits per heavy atom. The molecule has 0 amide bonds. The van der Waals surface area contributed by atoms with Gasteiger partial charge in [-0.05, 0) is 35.7 Å². The summed E-state index contributed by atoms with van der Waals surface area (Å²) < 4.78 is 50.7. The third kappa shape index (κ3) is 5.72. The monoisotopic (exact) mass is 493 g/mol. The standard InChI is InChI=1S/C24H22ClF3N2O4/c1-15-21(11-25)30(12-16-7-9-18(10-8-16)24(26,27)28)29-22(15)34-13-17-5-3-4-6-19(17)20(14-33-2)23(31)32/h3-10,14H,11-13H2,1-2H3,(H,31,32)/p-1/b20-14+. The summed E-state index contributed by atoms with van der Waals surface area (Å²) in [4.78, 5) is 11.5. The number of methoxy groups -OCH3 is 1. The highest BCUT2D eigenvalue weighted by molar-refractivity contribution is 6.17. The molecule has 34 heavy (non-hydrogen) atoms. The molecule has 0 aliphatic heterocycles. The van der Waals surface area contributed by atoms with Crippen molar-refractivity contribution in [1.82, 2.24) is 9.78 Å². The van der Waals surface area contributed by atoms with Crippen LogP contribution in [0.25, 0.3) is 5.57 Å². The molecule has 3 aromatic rings. The Bertz CT molecular complexity index is 1190. The Morgan fingerprint density at radius 2 is 1.85 bits per heavy atom. The number of carboxylic acid groups (broad SMARTS) is 1. The minimum atomic E-state index is -4.41. The van der Waals surface area contributed by atoms with Gasteiger partial charge >= 0.3 is 6.18 Å². The molecule has 180 valence electrons. The van der Waals surface area contributed by atoms with Crippen molar-refractivity contribution in [2.75, 3.05) is 7.11 Å². The van der Waals surface area contributed by atoms with E-state index in [0.29, 0.717) is 27.9 Å². The average molecular weight is 494 g/mol. The number of carbonyl (C=O) groups is 1. The van der Waals surface area contributed by atoms with E-state index in [-0.39, 0.29) is 30.5 Å². The molecule has 0 radical (unpaired) electrons. The largest absolute Gasteiger partial charge is 0.545 e. The lowest BCUT2D eigenvalue weighted by molar-refractivity contribution is -0.295. The summed E-state index contributed by atoms with van der Waals surface area (Å²) in [6.45, 7) is 1.98. The zero-order chi connectivity index (χ0) is 24.9. The molecule has 0 bridgehead atoms. The molecule has 0 saturated heterocycles. The summed E-state index contributed by atoms with van der Waals surface area (Å²) >= 11 is 6.10. The maximum Gasteiger partial charge on any atom is 0.416 e. The predicted octanol–water partition coefficient (Wildman–Crippen LogP) is 4.31. The number of carboxylic acids is 1. The first-order valence-corrected chi connectivity index (χ1v) is 10.6. The van der Waals surface area contributed by atoms with Crippen LogP contribution in [0.5, 0.6) is 5.88 Å². The van der Waals surface area contributed by atoms with Gasteiger partial charge in [-0.1, -0.05) is 36.4 Å². The summed E-state index contributed by atoms with van der Waals surface area (Å²) in [5.74, 6) is -0.996. The third-order valence-electron chi connectivity index (χ3n) is 5.14. The van der Waals surface area contributed by atoms with E-state index in [0.717, 1.165) is 18.4 Å². The lowest BCUT2D eigenvalue weighted by Gasteiger charge is -2.14.